The summed E-state index contributed by atoms with van der Waals surface area (Å²) in [5, 5.41) is 12.5. The fraction of sp³-hybridized carbons (Fsp3) is 0.381. The first-order valence-corrected chi connectivity index (χ1v) is 10.2. The topological polar surface area (TPSA) is 97.6 Å². The Kier molecular flexibility index (Phi) is 8.04. The van der Waals surface area contributed by atoms with Crippen molar-refractivity contribution in [2.75, 3.05) is 25.1 Å². The van der Waals surface area contributed by atoms with E-state index < -0.39 is 11.9 Å². The molecular formula is C21H24N2O5S. The van der Waals surface area contributed by atoms with Crippen molar-refractivity contribution in [3.63, 3.8) is 0 Å². The number of esters is 1. The van der Waals surface area contributed by atoms with Crippen LogP contribution in [-0.4, -0.2) is 31.7 Å². The van der Waals surface area contributed by atoms with Crippen molar-refractivity contribution in [1.82, 2.24) is 0 Å². The molecule has 1 N–H and O–H groups in total. The third-order valence-electron chi connectivity index (χ3n) is 3.91. The van der Waals surface area contributed by atoms with Gasteiger partial charge in [-0.05, 0) is 51.0 Å². The molecule has 1 amide bonds. The van der Waals surface area contributed by atoms with Crippen LogP contribution < -0.4 is 14.8 Å². The van der Waals surface area contributed by atoms with Gasteiger partial charge in [-0.1, -0.05) is 6.92 Å². The number of thiophene rings is 1. The third kappa shape index (κ3) is 5.27. The Morgan fingerprint density at radius 3 is 2.52 bits per heavy atom. The molecule has 0 unspecified atom stereocenters. The van der Waals surface area contributed by atoms with Gasteiger partial charge in [-0.3, -0.25) is 4.79 Å². The average Bonchev–Trinajstić information content (AvgIpc) is 3.02. The van der Waals surface area contributed by atoms with Crippen molar-refractivity contribution in [3.8, 4) is 17.6 Å². The lowest BCUT2D eigenvalue weighted by molar-refractivity contribution is 0.0531. The minimum atomic E-state index is -0.511. The lowest BCUT2D eigenvalue weighted by Crippen LogP contribution is -2.12. The second-order valence-electron chi connectivity index (χ2n) is 5.99. The zero-order valence-corrected chi connectivity index (χ0v) is 17.8. The first-order valence-electron chi connectivity index (χ1n) is 9.38. The van der Waals surface area contributed by atoms with Crippen molar-refractivity contribution in [2.45, 2.75) is 34.1 Å². The van der Waals surface area contributed by atoms with E-state index in [0.29, 0.717) is 45.7 Å². The Bertz CT molecular complexity index is 930. The van der Waals surface area contributed by atoms with Crippen molar-refractivity contribution >= 4 is 28.2 Å². The quantitative estimate of drug-likeness (QED) is 0.603. The predicted molar refractivity (Wildman–Crippen MR) is 111 cm³/mol. The molecule has 1 aromatic carbocycles. The average molecular weight is 416 g/mol. The van der Waals surface area contributed by atoms with E-state index in [1.54, 1.807) is 32.0 Å². The van der Waals surface area contributed by atoms with Gasteiger partial charge >= 0.3 is 5.97 Å². The van der Waals surface area contributed by atoms with Crippen molar-refractivity contribution in [2.24, 2.45) is 0 Å². The molecule has 1 aromatic heterocycles. The molecule has 0 radical (unpaired) electrons. The molecule has 0 aliphatic heterocycles. The summed E-state index contributed by atoms with van der Waals surface area (Å²) >= 11 is 1.03. The van der Waals surface area contributed by atoms with Crippen LogP contribution in [0.5, 0.6) is 11.5 Å². The molecule has 0 saturated heterocycles. The molecule has 0 aliphatic rings. The first-order chi connectivity index (χ1) is 14.0. The first kappa shape index (κ1) is 22.2. The van der Waals surface area contributed by atoms with Crippen LogP contribution in [0.1, 0.15) is 58.3 Å². The van der Waals surface area contributed by atoms with Crippen LogP contribution in [0, 0.1) is 18.3 Å². The van der Waals surface area contributed by atoms with E-state index in [1.165, 1.54) is 0 Å². The molecule has 0 saturated carbocycles. The molecule has 0 atom stereocenters. The predicted octanol–water partition coefficient (Wildman–Crippen LogP) is 4.54. The van der Waals surface area contributed by atoms with E-state index in [2.05, 4.69) is 5.32 Å². The van der Waals surface area contributed by atoms with E-state index in [4.69, 9.17) is 14.2 Å². The van der Waals surface area contributed by atoms with Gasteiger partial charge in [-0.15, -0.1) is 11.3 Å². The van der Waals surface area contributed by atoms with Gasteiger partial charge in [-0.2, -0.15) is 5.26 Å². The van der Waals surface area contributed by atoms with Crippen LogP contribution in [0.15, 0.2) is 18.2 Å². The lowest BCUT2D eigenvalue weighted by atomic mass is 10.1. The molecule has 2 rings (SSSR count). The number of nitriles is 1. The summed E-state index contributed by atoms with van der Waals surface area (Å²) in [4.78, 5) is 25.1. The molecule has 8 heteroatoms. The van der Waals surface area contributed by atoms with E-state index in [0.717, 1.165) is 17.8 Å². The smallest absolute Gasteiger partial charge is 0.348 e. The molecule has 0 aliphatic carbocycles. The molecular weight excluding hydrogens is 392 g/mol. The Morgan fingerprint density at radius 2 is 1.90 bits per heavy atom. The Balaban J connectivity index is 2.30. The third-order valence-corrected chi connectivity index (χ3v) is 5.10. The number of ether oxygens (including phenoxy) is 3. The number of anilines is 1. The highest BCUT2D eigenvalue weighted by molar-refractivity contribution is 7.18. The van der Waals surface area contributed by atoms with Crippen LogP contribution in [0.2, 0.25) is 0 Å². The van der Waals surface area contributed by atoms with E-state index in [1.807, 2.05) is 19.9 Å². The van der Waals surface area contributed by atoms with Gasteiger partial charge < -0.3 is 19.5 Å². The van der Waals surface area contributed by atoms with Crippen LogP contribution in [0.25, 0.3) is 0 Å². The van der Waals surface area contributed by atoms with Crippen molar-refractivity contribution in [1.29, 1.82) is 5.26 Å². The van der Waals surface area contributed by atoms with Crippen molar-refractivity contribution < 1.29 is 23.8 Å². The number of hydrogen-bond acceptors (Lipinski definition) is 7. The monoisotopic (exact) mass is 416 g/mol. The Hall–Kier alpha value is -3.05. The maximum absolute atomic E-state index is 12.8. The Labute approximate surface area is 174 Å². The molecule has 7 nitrogen and oxygen atoms in total. The number of amides is 1. The highest BCUT2D eigenvalue weighted by Gasteiger charge is 2.23. The van der Waals surface area contributed by atoms with E-state index in [-0.39, 0.29) is 12.2 Å². The number of nitrogens with zero attached hydrogens (tertiary/aromatic N) is 1. The summed E-state index contributed by atoms with van der Waals surface area (Å²) in [7, 11) is 0. The number of carbonyl (C=O) groups excluding carboxylic acids is 2. The fourth-order valence-corrected chi connectivity index (χ4v) is 3.60. The van der Waals surface area contributed by atoms with Gasteiger partial charge in [0.2, 0.25) is 0 Å². The highest BCUT2D eigenvalue weighted by Crippen LogP contribution is 2.34. The van der Waals surface area contributed by atoms with E-state index >= 15 is 0 Å². The summed E-state index contributed by atoms with van der Waals surface area (Å²) in [6.45, 7) is 8.42. The van der Waals surface area contributed by atoms with Crippen LogP contribution in [0.3, 0.4) is 0 Å². The molecule has 29 heavy (non-hydrogen) atoms. The van der Waals surface area contributed by atoms with Gasteiger partial charge in [0, 0.05) is 5.56 Å². The van der Waals surface area contributed by atoms with Gasteiger partial charge in [0.15, 0.2) is 11.5 Å². The van der Waals surface area contributed by atoms with Gasteiger partial charge in [0.1, 0.15) is 15.9 Å². The van der Waals surface area contributed by atoms with Crippen LogP contribution in [-0.2, 0) is 4.74 Å². The summed E-state index contributed by atoms with van der Waals surface area (Å²) in [5.41, 5.74) is 1.09. The lowest BCUT2D eigenvalue weighted by Gasteiger charge is -2.13. The van der Waals surface area contributed by atoms with Gasteiger partial charge in [-0.25, -0.2) is 4.79 Å². The largest absolute Gasteiger partial charge is 0.490 e. The fourth-order valence-electron chi connectivity index (χ4n) is 2.55. The number of carbonyl (C=O) groups is 2. The molecule has 0 spiro atoms. The van der Waals surface area contributed by atoms with Crippen LogP contribution >= 0.6 is 11.3 Å². The minimum Gasteiger partial charge on any atom is -0.490 e. The molecule has 1 heterocycles. The standard InChI is InChI=1S/C21H24N2O5S/c1-5-10-28-16-9-8-14(11-17(16)26-6-2)19(24)23-20-15(12-22)13(4)18(29-20)21(25)27-7-3/h8-9,11H,5-7,10H2,1-4H3,(H,23,24). The Morgan fingerprint density at radius 1 is 1.14 bits per heavy atom. The second kappa shape index (κ2) is 10.5. The summed E-state index contributed by atoms with van der Waals surface area (Å²) < 4.78 is 16.3. The van der Waals surface area contributed by atoms with Gasteiger partial charge in [0.05, 0.1) is 25.4 Å². The maximum Gasteiger partial charge on any atom is 0.348 e. The number of hydrogen-bond donors (Lipinski definition) is 1. The molecule has 2 aromatic rings. The molecule has 154 valence electrons. The number of nitrogens with one attached hydrogen (secondary N) is 1. The molecule has 0 fully saturated rings. The van der Waals surface area contributed by atoms with Crippen molar-refractivity contribution in [3.05, 3.63) is 39.8 Å². The zero-order valence-electron chi connectivity index (χ0n) is 17.0. The molecule has 0 bridgehead atoms. The number of rotatable bonds is 9. The number of benzene rings is 1. The second-order valence-corrected chi connectivity index (χ2v) is 7.01. The van der Waals surface area contributed by atoms with Crippen LogP contribution in [0.4, 0.5) is 5.00 Å². The van der Waals surface area contributed by atoms with E-state index in [9.17, 15) is 14.9 Å². The minimum absolute atomic E-state index is 0.229. The summed E-state index contributed by atoms with van der Waals surface area (Å²) in [5.74, 6) is 0.118. The highest BCUT2D eigenvalue weighted by atomic mass is 32.1. The normalized spacial score (nSPS) is 10.2. The summed E-state index contributed by atoms with van der Waals surface area (Å²) in [6, 6.07) is 6.96. The van der Waals surface area contributed by atoms with Gasteiger partial charge in [0.25, 0.3) is 5.91 Å². The maximum atomic E-state index is 12.8. The SMILES string of the molecule is CCCOc1ccc(C(=O)Nc2sc(C(=O)OCC)c(C)c2C#N)cc1OCC. The zero-order chi connectivity index (χ0) is 21.4. The summed E-state index contributed by atoms with van der Waals surface area (Å²) in [6.07, 6.45) is 0.852.